The lowest BCUT2D eigenvalue weighted by Gasteiger charge is -2.06. The predicted molar refractivity (Wildman–Crippen MR) is 102 cm³/mol. The van der Waals surface area contributed by atoms with E-state index in [1.807, 2.05) is 0 Å². The Kier molecular flexibility index (Phi) is 5.86. The zero-order valence-corrected chi connectivity index (χ0v) is 15.6. The molecule has 3 N–H and O–H groups in total. The molecule has 3 aromatic rings. The predicted octanol–water partition coefficient (Wildman–Crippen LogP) is 2.84. The number of amides is 1. The summed E-state index contributed by atoms with van der Waals surface area (Å²) in [4.78, 5) is 16.2. The third kappa shape index (κ3) is 5.48. The second kappa shape index (κ2) is 8.32. The number of primary sulfonamides is 1. The van der Waals surface area contributed by atoms with Crippen molar-refractivity contribution in [3.63, 3.8) is 0 Å². The van der Waals surface area contributed by atoms with Crippen molar-refractivity contribution in [1.82, 2.24) is 4.98 Å². The van der Waals surface area contributed by atoms with Gasteiger partial charge in [0.2, 0.25) is 15.9 Å². The highest BCUT2D eigenvalue weighted by Gasteiger charge is 2.12. The van der Waals surface area contributed by atoms with Crippen LogP contribution in [0, 0.1) is 5.82 Å². The highest BCUT2D eigenvalue weighted by atomic mass is 32.2. The summed E-state index contributed by atoms with van der Waals surface area (Å²) in [6, 6.07) is 12.6. The number of aryl methyl sites for hydroxylation is 1. The Morgan fingerprint density at radius 3 is 2.71 bits per heavy atom. The van der Waals surface area contributed by atoms with Crippen LogP contribution in [0.5, 0.6) is 0 Å². The first kappa shape index (κ1) is 19.7. The average Bonchev–Trinajstić information content (AvgIpc) is 3.08. The zero-order chi connectivity index (χ0) is 20.1. The first-order valence-electron chi connectivity index (χ1n) is 8.39. The quantitative estimate of drug-likeness (QED) is 0.629. The van der Waals surface area contributed by atoms with E-state index in [2.05, 4.69) is 10.3 Å². The number of nitrogens with one attached hydrogen (secondary N) is 1. The maximum Gasteiger partial charge on any atom is 0.224 e. The third-order valence-corrected chi connectivity index (χ3v) is 4.57. The van der Waals surface area contributed by atoms with Crippen molar-refractivity contribution < 1.29 is 22.0 Å². The number of hydrogen-bond acceptors (Lipinski definition) is 5. The molecule has 0 unspecified atom stereocenters. The molecule has 2 aromatic carbocycles. The summed E-state index contributed by atoms with van der Waals surface area (Å²) in [5, 5.41) is 7.71. The minimum Gasteiger partial charge on any atom is -0.441 e. The summed E-state index contributed by atoms with van der Waals surface area (Å²) >= 11 is 0. The SMILES string of the molecule is NS(=O)(=O)Cc1cccc(NC(=O)CCc2ncc(-c3ccccc3F)o2)c1. The second-order valence-electron chi connectivity index (χ2n) is 6.15. The number of halogens is 1. The Bertz CT molecular complexity index is 1100. The van der Waals surface area contributed by atoms with Gasteiger partial charge in [-0.05, 0) is 29.8 Å². The van der Waals surface area contributed by atoms with Gasteiger partial charge in [0, 0.05) is 18.5 Å². The number of carbonyl (C=O) groups is 1. The molecule has 1 aromatic heterocycles. The Morgan fingerprint density at radius 2 is 1.96 bits per heavy atom. The van der Waals surface area contributed by atoms with Crippen molar-refractivity contribution >= 4 is 21.6 Å². The first-order chi connectivity index (χ1) is 13.3. The van der Waals surface area contributed by atoms with Crippen LogP contribution in [-0.2, 0) is 27.0 Å². The van der Waals surface area contributed by atoms with Crippen LogP contribution in [0.25, 0.3) is 11.3 Å². The summed E-state index contributed by atoms with van der Waals surface area (Å²) in [6.45, 7) is 0. The number of nitrogens with zero attached hydrogens (tertiary/aromatic N) is 1. The van der Waals surface area contributed by atoms with Gasteiger partial charge in [-0.1, -0.05) is 24.3 Å². The summed E-state index contributed by atoms with van der Waals surface area (Å²) in [5.41, 5.74) is 1.24. The lowest BCUT2D eigenvalue weighted by molar-refractivity contribution is -0.116. The van der Waals surface area contributed by atoms with Gasteiger partial charge in [-0.15, -0.1) is 0 Å². The van der Waals surface area contributed by atoms with Crippen molar-refractivity contribution in [2.24, 2.45) is 5.14 Å². The van der Waals surface area contributed by atoms with Gasteiger partial charge >= 0.3 is 0 Å². The van der Waals surface area contributed by atoms with Crippen molar-refractivity contribution in [3.8, 4) is 11.3 Å². The van der Waals surface area contributed by atoms with Gasteiger partial charge in [0.05, 0.1) is 17.5 Å². The van der Waals surface area contributed by atoms with Gasteiger partial charge < -0.3 is 9.73 Å². The van der Waals surface area contributed by atoms with Crippen LogP contribution < -0.4 is 10.5 Å². The molecule has 0 fully saturated rings. The van der Waals surface area contributed by atoms with Crippen LogP contribution in [0.1, 0.15) is 17.9 Å². The molecule has 0 spiro atoms. The molecule has 0 aliphatic rings. The molecule has 0 saturated heterocycles. The van der Waals surface area contributed by atoms with E-state index in [9.17, 15) is 17.6 Å². The number of sulfonamides is 1. The number of oxazole rings is 1. The molecule has 9 heteroatoms. The van der Waals surface area contributed by atoms with E-state index in [4.69, 9.17) is 9.56 Å². The van der Waals surface area contributed by atoms with Gasteiger partial charge in [-0.3, -0.25) is 4.79 Å². The maximum atomic E-state index is 13.8. The molecule has 0 aliphatic carbocycles. The van der Waals surface area contributed by atoms with E-state index in [0.717, 1.165) is 0 Å². The molecule has 0 atom stereocenters. The molecule has 7 nitrogen and oxygen atoms in total. The third-order valence-electron chi connectivity index (χ3n) is 3.84. The van der Waals surface area contributed by atoms with Crippen molar-refractivity contribution in [3.05, 3.63) is 72.0 Å². The van der Waals surface area contributed by atoms with E-state index in [0.29, 0.717) is 28.5 Å². The summed E-state index contributed by atoms with van der Waals surface area (Å²) in [6.07, 6.45) is 1.75. The van der Waals surface area contributed by atoms with Crippen LogP contribution in [0.3, 0.4) is 0 Å². The van der Waals surface area contributed by atoms with E-state index in [1.165, 1.54) is 12.3 Å². The van der Waals surface area contributed by atoms with E-state index < -0.39 is 15.8 Å². The smallest absolute Gasteiger partial charge is 0.224 e. The number of aromatic nitrogens is 1. The van der Waals surface area contributed by atoms with Crippen LogP contribution in [0.15, 0.2) is 59.1 Å². The molecule has 1 heterocycles. The number of carbonyl (C=O) groups excluding carboxylic acids is 1. The van der Waals surface area contributed by atoms with Gasteiger partial charge in [0.25, 0.3) is 0 Å². The lowest BCUT2D eigenvalue weighted by atomic mass is 10.2. The molecule has 28 heavy (non-hydrogen) atoms. The largest absolute Gasteiger partial charge is 0.441 e. The Hall–Kier alpha value is -3.04. The number of benzene rings is 2. The Balaban J connectivity index is 1.58. The van der Waals surface area contributed by atoms with Crippen LogP contribution in [0.4, 0.5) is 10.1 Å². The highest BCUT2D eigenvalue weighted by Crippen LogP contribution is 2.23. The van der Waals surface area contributed by atoms with Crippen molar-refractivity contribution in [2.75, 3.05) is 5.32 Å². The Morgan fingerprint density at radius 1 is 1.18 bits per heavy atom. The highest BCUT2D eigenvalue weighted by molar-refractivity contribution is 7.88. The monoisotopic (exact) mass is 403 g/mol. The second-order valence-corrected chi connectivity index (χ2v) is 7.77. The minimum atomic E-state index is -3.65. The number of nitrogens with two attached hydrogens (primary N) is 1. The van der Waals surface area contributed by atoms with E-state index in [-0.39, 0.29) is 24.5 Å². The molecular weight excluding hydrogens is 385 g/mol. The number of rotatable bonds is 7. The topological polar surface area (TPSA) is 115 Å². The summed E-state index contributed by atoms with van der Waals surface area (Å²) in [5.74, 6) is -0.410. The van der Waals surface area contributed by atoms with Gasteiger partial charge in [-0.2, -0.15) is 0 Å². The molecular formula is C19H18FN3O4S. The number of anilines is 1. The van der Waals surface area contributed by atoms with Gasteiger partial charge in [0.15, 0.2) is 11.7 Å². The maximum absolute atomic E-state index is 13.8. The minimum absolute atomic E-state index is 0.0939. The fraction of sp³-hybridized carbons (Fsp3) is 0.158. The normalized spacial score (nSPS) is 11.4. The molecule has 1 amide bonds. The molecule has 0 saturated carbocycles. The zero-order valence-electron chi connectivity index (χ0n) is 14.8. The lowest BCUT2D eigenvalue weighted by Crippen LogP contribution is -2.15. The van der Waals surface area contributed by atoms with E-state index in [1.54, 1.807) is 42.5 Å². The molecule has 0 aliphatic heterocycles. The van der Waals surface area contributed by atoms with Gasteiger partial charge in [0.1, 0.15) is 5.82 Å². The average molecular weight is 403 g/mol. The van der Waals surface area contributed by atoms with Crippen LogP contribution in [0.2, 0.25) is 0 Å². The molecule has 3 rings (SSSR count). The standard InChI is InChI=1S/C19H18FN3O4S/c20-16-7-2-1-6-15(16)17-11-22-19(27-17)9-8-18(24)23-14-5-3-4-13(10-14)12-28(21,25)26/h1-7,10-11H,8-9,12H2,(H,23,24)(H2,21,25,26). The summed E-state index contributed by atoms with van der Waals surface area (Å²) < 4.78 is 41.6. The molecule has 146 valence electrons. The van der Waals surface area contributed by atoms with Crippen LogP contribution >= 0.6 is 0 Å². The first-order valence-corrected chi connectivity index (χ1v) is 10.1. The van der Waals surface area contributed by atoms with Crippen molar-refractivity contribution in [1.29, 1.82) is 0 Å². The number of hydrogen-bond donors (Lipinski definition) is 2. The Labute approximate surface area is 161 Å². The fourth-order valence-electron chi connectivity index (χ4n) is 2.63. The van der Waals surface area contributed by atoms with Gasteiger partial charge in [-0.25, -0.2) is 22.9 Å². The van der Waals surface area contributed by atoms with Crippen LogP contribution in [-0.4, -0.2) is 19.3 Å². The fourth-order valence-corrected chi connectivity index (χ4v) is 3.27. The van der Waals surface area contributed by atoms with E-state index >= 15 is 0 Å². The molecule has 0 radical (unpaired) electrons. The summed E-state index contributed by atoms with van der Waals surface area (Å²) in [7, 11) is -3.65. The van der Waals surface area contributed by atoms with Crippen molar-refractivity contribution in [2.45, 2.75) is 18.6 Å². The molecule has 0 bridgehead atoms.